The number of aromatic nitrogens is 2. The van der Waals surface area contributed by atoms with Crippen molar-refractivity contribution in [3.8, 4) is 0 Å². The molecule has 70 valence electrons. The van der Waals surface area contributed by atoms with Crippen LogP contribution in [0.5, 0.6) is 0 Å². The van der Waals surface area contributed by atoms with Gasteiger partial charge in [-0.1, -0.05) is 11.8 Å². The lowest BCUT2D eigenvalue weighted by Gasteiger charge is -2.06. The topological polar surface area (TPSA) is 52.1 Å². The zero-order valence-corrected chi connectivity index (χ0v) is 8.25. The predicted molar refractivity (Wildman–Crippen MR) is 49.4 cm³/mol. The molecule has 0 bridgehead atoms. The molecule has 0 aliphatic rings. The van der Waals surface area contributed by atoms with E-state index in [0.717, 1.165) is 5.03 Å². The summed E-state index contributed by atoms with van der Waals surface area (Å²) in [6.45, 7) is 1.78. The van der Waals surface area contributed by atoms with Crippen molar-refractivity contribution < 1.29 is 9.53 Å². The van der Waals surface area contributed by atoms with Crippen molar-refractivity contribution in [2.45, 2.75) is 17.2 Å². The zero-order valence-electron chi connectivity index (χ0n) is 7.43. The molecule has 0 aliphatic carbocycles. The van der Waals surface area contributed by atoms with Gasteiger partial charge in [0.1, 0.15) is 16.6 Å². The minimum absolute atomic E-state index is 0.236. The molecule has 4 nitrogen and oxygen atoms in total. The first-order valence-electron chi connectivity index (χ1n) is 3.74. The van der Waals surface area contributed by atoms with Gasteiger partial charge in [0.2, 0.25) is 0 Å². The third-order valence-corrected chi connectivity index (χ3v) is 2.41. The van der Waals surface area contributed by atoms with Crippen LogP contribution in [0, 0.1) is 0 Å². The van der Waals surface area contributed by atoms with Crippen molar-refractivity contribution in [1.29, 1.82) is 0 Å². The Bertz CT molecular complexity index is 279. The van der Waals surface area contributed by atoms with Gasteiger partial charge in [0.25, 0.3) is 0 Å². The van der Waals surface area contributed by atoms with Gasteiger partial charge in [0.15, 0.2) is 0 Å². The Morgan fingerprint density at radius 3 is 3.00 bits per heavy atom. The third kappa shape index (κ3) is 3.02. The zero-order chi connectivity index (χ0) is 9.68. The van der Waals surface area contributed by atoms with Gasteiger partial charge in [0.05, 0.1) is 7.11 Å². The van der Waals surface area contributed by atoms with E-state index in [1.165, 1.54) is 25.2 Å². The van der Waals surface area contributed by atoms with Crippen molar-refractivity contribution in [1.82, 2.24) is 9.97 Å². The van der Waals surface area contributed by atoms with Gasteiger partial charge in [-0.05, 0) is 13.0 Å². The number of methoxy groups -OCH3 is 1. The van der Waals surface area contributed by atoms with E-state index < -0.39 is 0 Å². The average Bonchev–Trinajstić information content (AvgIpc) is 2.18. The Hall–Kier alpha value is -1.10. The van der Waals surface area contributed by atoms with Crippen LogP contribution in [0.15, 0.2) is 23.6 Å². The van der Waals surface area contributed by atoms with E-state index in [4.69, 9.17) is 0 Å². The highest BCUT2D eigenvalue weighted by Crippen LogP contribution is 2.20. The quantitative estimate of drug-likeness (QED) is 0.414. The minimum atomic E-state index is -0.247. The van der Waals surface area contributed by atoms with Gasteiger partial charge in [-0.15, -0.1) is 0 Å². The Balaban J connectivity index is 2.55. The number of carbonyl (C=O) groups excluding carboxylic acids is 1. The van der Waals surface area contributed by atoms with E-state index in [1.54, 1.807) is 19.2 Å². The maximum atomic E-state index is 11.0. The second-order valence-corrected chi connectivity index (χ2v) is 3.69. The van der Waals surface area contributed by atoms with Crippen LogP contribution in [0.4, 0.5) is 0 Å². The third-order valence-electron chi connectivity index (χ3n) is 1.39. The Labute approximate surface area is 80.7 Å². The molecule has 0 aromatic carbocycles. The fraction of sp³-hybridized carbons (Fsp3) is 0.375. The molecule has 1 unspecified atom stereocenters. The second kappa shape index (κ2) is 4.81. The molecule has 1 aromatic rings. The van der Waals surface area contributed by atoms with Crippen LogP contribution < -0.4 is 0 Å². The summed E-state index contributed by atoms with van der Waals surface area (Å²) in [5.74, 6) is -0.247. The van der Waals surface area contributed by atoms with Gasteiger partial charge in [-0.2, -0.15) is 0 Å². The number of nitrogens with zero attached hydrogens (tertiary/aromatic N) is 2. The molecule has 13 heavy (non-hydrogen) atoms. The molecule has 0 amide bonds. The monoisotopic (exact) mass is 198 g/mol. The summed E-state index contributed by atoms with van der Waals surface area (Å²) < 4.78 is 4.58. The lowest BCUT2D eigenvalue weighted by Crippen LogP contribution is -2.14. The van der Waals surface area contributed by atoms with Crippen molar-refractivity contribution in [2.24, 2.45) is 0 Å². The van der Waals surface area contributed by atoms with Crippen LogP contribution >= 0.6 is 11.8 Å². The van der Waals surface area contributed by atoms with Gasteiger partial charge >= 0.3 is 5.97 Å². The molecule has 1 heterocycles. The summed E-state index contributed by atoms with van der Waals surface area (Å²) >= 11 is 1.35. The number of hydrogen-bond acceptors (Lipinski definition) is 5. The van der Waals surface area contributed by atoms with Crippen LogP contribution in [0.1, 0.15) is 6.92 Å². The first kappa shape index (κ1) is 9.98. The molecule has 0 aliphatic heterocycles. The first-order valence-corrected chi connectivity index (χ1v) is 4.62. The second-order valence-electron chi connectivity index (χ2n) is 2.33. The molecule has 0 spiro atoms. The van der Waals surface area contributed by atoms with Crippen LogP contribution in [-0.2, 0) is 9.53 Å². The van der Waals surface area contributed by atoms with Crippen molar-refractivity contribution in [2.75, 3.05) is 7.11 Å². The highest BCUT2D eigenvalue weighted by Gasteiger charge is 2.14. The maximum absolute atomic E-state index is 11.0. The van der Waals surface area contributed by atoms with Gasteiger partial charge in [-0.3, -0.25) is 4.79 Å². The van der Waals surface area contributed by atoms with Gasteiger partial charge in [0, 0.05) is 6.20 Å². The molecule has 1 rings (SSSR count). The van der Waals surface area contributed by atoms with E-state index in [9.17, 15) is 4.79 Å². The van der Waals surface area contributed by atoms with Crippen molar-refractivity contribution in [3.05, 3.63) is 18.6 Å². The van der Waals surface area contributed by atoms with Crippen molar-refractivity contribution >= 4 is 17.7 Å². The largest absolute Gasteiger partial charge is 0.468 e. The summed E-state index contributed by atoms with van der Waals surface area (Å²) in [6, 6.07) is 1.75. The summed E-state index contributed by atoms with van der Waals surface area (Å²) in [6.07, 6.45) is 3.09. The minimum Gasteiger partial charge on any atom is -0.468 e. The van der Waals surface area contributed by atoms with Crippen LogP contribution in [0.2, 0.25) is 0 Å². The van der Waals surface area contributed by atoms with Crippen LogP contribution in [-0.4, -0.2) is 28.3 Å². The molecular weight excluding hydrogens is 188 g/mol. The Kier molecular flexibility index (Phi) is 3.70. The van der Waals surface area contributed by atoms with E-state index in [0.29, 0.717) is 0 Å². The maximum Gasteiger partial charge on any atom is 0.318 e. The highest BCUT2D eigenvalue weighted by molar-refractivity contribution is 8.00. The fourth-order valence-corrected chi connectivity index (χ4v) is 1.55. The number of hydrogen-bond donors (Lipinski definition) is 0. The standard InChI is InChI=1S/C8H10N2O2S/c1-6(8(11)12-2)13-7-3-4-9-5-10-7/h3-6H,1-2H3. The summed E-state index contributed by atoms with van der Waals surface area (Å²) in [5.41, 5.74) is 0. The molecule has 1 atom stereocenters. The molecule has 0 radical (unpaired) electrons. The lowest BCUT2D eigenvalue weighted by molar-refractivity contribution is -0.139. The number of rotatable bonds is 3. The first-order chi connectivity index (χ1) is 6.24. The molecule has 0 saturated heterocycles. The Morgan fingerprint density at radius 1 is 1.69 bits per heavy atom. The van der Waals surface area contributed by atoms with Gasteiger partial charge in [-0.25, -0.2) is 9.97 Å². The molecule has 1 aromatic heterocycles. The molecular formula is C8H10N2O2S. The number of thioether (sulfide) groups is 1. The Morgan fingerprint density at radius 2 is 2.46 bits per heavy atom. The van der Waals surface area contributed by atoms with Crippen LogP contribution in [0.25, 0.3) is 0 Å². The molecule has 0 saturated carbocycles. The number of ether oxygens (including phenoxy) is 1. The summed E-state index contributed by atoms with van der Waals surface area (Å²) in [5, 5.41) is 0.535. The SMILES string of the molecule is COC(=O)C(C)Sc1ccncn1. The normalized spacial score (nSPS) is 12.2. The smallest absolute Gasteiger partial charge is 0.318 e. The van der Waals surface area contributed by atoms with E-state index >= 15 is 0 Å². The molecule has 5 heteroatoms. The van der Waals surface area contributed by atoms with E-state index in [1.807, 2.05) is 0 Å². The van der Waals surface area contributed by atoms with Gasteiger partial charge < -0.3 is 4.74 Å². The summed E-state index contributed by atoms with van der Waals surface area (Å²) in [4.78, 5) is 18.8. The number of carbonyl (C=O) groups is 1. The molecule has 0 fully saturated rings. The van der Waals surface area contributed by atoms with E-state index in [2.05, 4.69) is 14.7 Å². The molecule has 0 N–H and O–H groups in total. The fourth-order valence-electron chi connectivity index (χ4n) is 0.743. The number of esters is 1. The van der Waals surface area contributed by atoms with Crippen LogP contribution in [0.3, 0.4) is 0 Å². The summed E-state index contributed by atoms with van der Waals surface area (Å²) in [7, 11) is 1.37. The van der Waals surface area contributed by atoms with E-state index in [-0.39, 0.29) is 11.2 Å². The lowest BCUT2D eigenvalue weighted by atomic mass is 10.5. The highest BCUT2D eigenvalue weighted by atomic mass is 32.2. The predicted octanol–water partition coefficient (Wildman–Crippen LogP) is 1.13. The van der Waals surface area contributed by atoms with Crippen molar-refractivity contribution in [3.63, 3.8) is 0 Å². The average molecular weight is 198 g/mol.